The minimum Gasteiger partial charge on any atom is -0.450 e. The Bertz CT molecular complexity index is 1240. The Hall–Kier alpha value is -3.89. The summed E-state index contributed by atoms with van der Waals surface area (Å²) in [6.07, 6.45) is 4.65. The summed E-state index contributed by atoms with van der Waals surface area (Å²) in [5, 5.41) is 2.62. The van der Waals surface area contributed by atoms with Gasteiger partial charge in [0.2, 0.25) is 5.95 Å². The smallest absolute Gasteiger partial charge is 0.413 e. The first-order chi connectivity index (χ1) is 16.6. The second-order valence-corrected chi connectivity index (χ2v) is 7.69. The first-order valence-electron chi connectivity index (χ1n) is 10.9. The van der Waals surface area contributed by atoms with Crippen LogP contribution in [0.5, 0.6) is 0 Å². The van der Waals surface area contributed by atoms with Crippen LogP contribution in [0.25, 0.3) is 33.5 Å². The predicted molar refractivity (Wildman–Crippen MR) is 129 cm³/mol. The van der Waals surface area contributed by atoms with E-state index in [-0.39, 0.29) is 12.6 Å². The maximum Gasteiger partial charge on any atom is 0.413 e. The molecule has 3 heterocycles. The van der Waals surface area contributed by atoms with Crippen LogP contribution in [0.2, 0.25) is 0 Å². The predicted octanol–water partition coefficient (Wildman–Crippen LogP) is 3.73. The number of likely N-dealkylation sites (N-methyl/N-ethyl adjacent to an activating group) is 1. The summed E-state index contributed by atoms with van der Waals surface area (Å²) in [6.45, 7) is 4.25. The SMILES string of the molecule is CCOC(=O)Nc1nc2cc(-c3ccc(CN(C)CCOC)nc3)cc(-c3ncccn3)c2[nH]1. The number of amides is 1. The van der Waals surface area contributed by atoms with Crippen molar-refractivity contribution in [2.24, 2.45) is 0 Å². The van der Waals surface area contributed by atoms with Crippen LogP contribution in [0.15, 0.2) is 48.9 Å². The summed E-state index contributed by atoms with van der Waals surface area (Å²) in [4.78, 5) is 35.1. The Kier molecular flexibility index (Phi) is 7.41. The molecule has 0 aliphatic carbocycles. The number of hydrogen-bond donors (Lipinski definition) is 2. The number of imidazole rings is 1. The van der Waals surface area contributed by atoms with Gasteiger partial charge in [-0.3, -0.25) is 15.2 Å². The lowest BCUT2D eigenvalue weighted by atomic mass is 10.0. The molecule has 10 heteroatoms. The second-order valence-electron chi connectivity index (χ2n) is 7.69. The topological polar surface area (TPSA) is 118 Å². The Morgan fingerprint density at radius 3 is 2.68 bits per heavy atom. The minimum absolute atomic E-state index is 0.268. The number of rotatable bonds is 9. The first kappa shape index (κ1) is 23.3. The van der Waals surface area contributed by atoms with E-state index in [9.17, 15) is 4.79 Å². The number of nitrogens with zero attached hydrogens (tertiary/aromatic N) is 5. The Balaban J connectivity index is 1.68. The summed E-state index contributed by atoms with van der Waals surface area (Å²) in [6, 6.07) is 9.74. The fourth-order valence-electron chi connectivity index (χ4n) is 3.51. The zero-order chi connectivity index (χ0) is 23.9. The second kappa shape index (κ2) is 10.8. The van der Waals surface area contributed by atoms with E-state index < -0.39 is 6.09 Å². The molecule has 0 aliphatic heterocycles. The number of methoxy groups -OCH3 is 1. The molecular formula is C24H27N7O3. The number of aromatic amines is 1. The minimum atomic E-state index is -0.574. The van der Waals surface area contributed by atoms with Crippen molar-refractivity contribution >= 4 is 23.1 Å². The van der Waals surface area contributed by atoms with Gasteiger partial charge in [0.25, 0.3) is 0 Å². The first-order valence-corrected chi connectivity index (χ1v) is 10.9. The molecule has 3 aromatic heterocycles. The molecule has 0 aliphatic rings. The molecule has 2 N–H and O–H groups in total. The Labute approximate surface area is 197 Å². The van der Waals surface area contributed by atoms with Crippen LogP contribution in [-0.4, -0.2) is 69.8 Å². The number of fused-ring (bicyclic) bond motifs is 1. The number of carbonyl (C=O) groups excluding carboxylic acids is 1. The summed E-state index contributed by atoms with van der Waals surface area (Å²) in [5.74, 6) is 0.834. The fraction of sp³-hybridized carbons (Fsp3) is 0.292. The summed E-state index contributed by atoms with van der Waals surface area (Å²) < 4.78 is 10.1. The molecule has 34 heavy (non-hydrogen) atoms. The molecule has 10 nitrogen and oxygen atoms in total. The number of pyridine rings is 1. The third kappa shape index (κ3) is 5.53. The lowest BCUT2D eigenvalue weighted by Gasteiger charge is -2.15. The molecule has 1 aromatic carbocycles. The molecule has 4 rings (SSSR count). The van der Waals surface area contributed by atoms with Crippen molar-refractivity contribution in [3.05, 3.63) is 54.6 Å². The average Bonchev–Trinajstić information content (AvgIpc) is 3.25. The van der Waals surface area contributed by atoms with Crippen LogP contribution in [-0.2, 0) is 16.0 Å². The summed E-state index contributed by atoms with van der Waals surface area (Å²) in [5.41, 5.74) is 4.96. The number of ether oxygens (including phenoxy) is 2. The molecular weight excluding hydrogens is 434 g/mol. The summed E-state index contributed by atoms with van der Waals surface area (Å²) in [7, 11) is 3.73. The van der Waals surface area contributed by atoms with Gasteiger partial charge < -0.3 is 14.5 Å². The van der Waals surface area contributed by atoms with Crippen molar-refractivity contribution in [2.75, 3.05) is 39.2 Å². The van der Waals surface area contributed by atoms with Gasteiger partial charge in [0.15, 0.2) is 5.82 Å². The van der Waals surface area contributed by atoms with Crippen molar-refractivity contribution in [3.8, 4) is 22.5 Å². The van der Waals surface area contributed by atoms with E-state index in [1.807, 2.05) is 37.5 Å². The van der Waals surface area contributed by atoms with Gasteiger partial charge in [0.05, 0.1) is 29.9 Å². The number of nitrogens with one attached hydrogen (secondary N) is 2. The van der Waals surface area contributed by atoms with Crippen molar-refractivity contribution in [1.82, 2.24) is 29.8 Å². The zero-order valence-electron chi connectivity index (χ0n) is 19.4. The molecule has 0 saturated heterocycles. The normalized spacial score (nSPS) is 11.2. The highest BCUT2D eigenvalue weighted by atomic mass is 16.5. The molecule has 0 atom stereocenters. The number of hydrogen-bond acceptors (Lipinski definition) is 8. The van der Waals surface area contributed by atoms with Crippen LogP contribution >= 0.6 is 0 Å². The standard InChI is InChI=1S/C24H27N7O3/c1-4-34-24(32)30-23-28-20-13-17(12-19(21(20)29-23)22-25-8-5-9-26-22)16-6-7-18(27-14-16)15-31(2)10-11-33-3/h5-9,12-14H,4,10-11,15H2,1-3H3,(H2,28,29,30,32). The number of benzene rings is 1. The third-order valence-corrected chi connectivity index (χ3v) is 5.16. The van der Waals surface area contributed by atoms with Gasteiger partial charge in [0, 0.05) is 49.9 Å². The van der Waals surface area contributed by atoms with Gasteiger partial charge in [-0.2, -0.15) is 0 Å². The van der Waals surface area contributed by atoms with Gasteiger partial charge in [0.1, 0.15) is 0 Å². The van der Waals surface area contributed by atoms with Gasteiger partial charge in [-0.25, -0.2) is 19.7 Å². The fourth-order valence-corrected chi connectivity index (χ4v) is 3.51. The maximum atomic E-state index is 11.9. The average molecular weight is 462 g/mol. The van der Waals surface area contributed by atoms with Crippen LogP contribution in [0.1, 0.15) is 12.6 Å². The number of anilines is 1. The van der Waals surface area contributed by atoms with Crippen molar-refractivity contribution in [3.63, 3.8) is 0 Å². The molecule has 0 bridgehead atoms. The molecule has 0 unspecified atom stereocenters. The number of H-pyrrole nitrogens is 1. The van der Waals surface area contributed by atoms with Crippen LogP contribution < -0.4 is 5.32 Å². The quantitative estimate of drug-likeness (QED) is 0.387. The maximum absolute atomic E-state index is 11.9. The molecule has 4 aromatic rings. The van der Waals surface area contributed by atoms with Crippen LogP contribution in [0.3, 0.4) is 0 Å². The number of carbonyl (C=O) groups is 1. The van der Waals surface area contributed by atoms with Gasteiger partial charge in [-0.1, -0.05) is 6.07 Å². The lowest BCUT2D eigenvalue weighted by Crippen LogP contribution is -2.22. The summed E-state index contributed by atoms with van der Waals surface area (Å²) >= 11 is 0. The highest BCUT2D eigenvalue weighted by molar-refractivity contribution is 5.96. The van der Waals surface area contributed by atoms with Crippen molar-refractivity contribution in [2.45, 2.75) is 13.5 Å². The lowest BCUT2D eigenvalue weighted by molar-refractivity contribution is 0.158. The molecule has 1 amide bonds. The molecule has 0 radical (unpaired) electrons. The molecule has 0 saturated carbocycles. The highest BCUT2D eigenvalue weighted by Gasteiger charge is 2.16. The van der Waals surface area contributed by atoms with Gasteiger partial charge in [-0.15, -0.1) is 0 Å². The van der Waals surface area contributed by atoms with Gasteiger partial charge in [-0.05, 0) is 43.8 Å². The van der Waals surface area contributed by atoms with E-state index in [2.05, 4.69) is 35.1 Å². The zero-order valence-corrected chi connectivity index (χ0v) is 19.4. The Morgan fingerprint density at radius 1 is 1.15 bits per heavy atom. The molecule has 0 fully saturated rings. The molecule has 0 spiro atoms. The van der Waals surface area contributed by atoms with Crippen LogP contribution in [0.4, 0.5) is 10.7 Å². The van der Waals surface area contributed by atoms with E-state index in [0.29, 0.717) is 23.5 Å². The Morgan fingerprint density at radius 2 is 1.97 bits per heavy atom. The number of aromatic nitrogens is 5. The van der Waals surface area contributed by atoms with E-state index in [0.717, 1.165) is 35.5 Å². The van der Waals surface area contributed by atoms with Crippen molar-refractivity contribution < 1.29 is 14.3 Å². The largest absolute Gasteiger partial charge is 0.450 e. The van der Waals surface area contributed by atoms with Gasteiger partial charge >= 0.3 is 6.09 Å². The van der Waals surface area contributed by atoms with E-state index in [1.165, 1.54) is 0 Å². The van der Waals surface area contributed by atoms with Crippen LogP contribution in [0, 0.1) is 0 Å². The highest BCUT2D eigenvalue weighted by Crippen LogP contribution is 2.32. The van der Waals surface area contributed by atoms with E-state index in [1.54, 1.807) is 32.5 Å². The van der Waals surface area contributed by atoms with E-state index in [4.69, 9.17) is 9.47 Å². The monoisotopic (exact) mass is 461 g/mol. The van der Waals surface area contributed by atoms with Crippen molar-refractivity contribution in [1.29, 1.82) is 0 Å². The molecule has 176 valence electrons. The third-order valence-electron chi connectivity index (χ3n) is 5.16. The van der Waals surface area contributed by atoms with E-state index >= 15 is 0 Å².